The average Bonchev–Trinajstić information content (AvgIpc) is 4.10. The Labute approximate surface area is 389 Å². The van der Waals surface area contributed by atoms with Gasteiger partial charge in [-0.3, -0.25) is 0 Å². The Hall–Kier alpha value is -7.52. The van der Waals surface area contributed by atoms with Crippen LogP contribution in [-0.2, 0) is 17.3 Å². The lowest BCUT2D eigenvalue weighted by Crippen LogP contribution is -2.24. The summed E-state index contributed by atoms with van der Waals surface area (Å²) in [6.07, 6.45) is 2.14. The van der Waals surface area contributed by atoms with E-state index in [1.165, 1.54) is 120 Å². The third-order valence-electron chi connectivity index (χ3n) is 15.5. The van der Waals surface area contributed by atoms with Gasteiger partial charge in [-0.2, -0.15) is 0 Å². The van der Waals surface area contributed by atoms with Crippen molar-refractivity contribution in [3.8, 4) is 44.5 Å². The topological polar surface area (TPSA) is 3.24 Å². The number of nitrogens with zero attached hydrogens (tertiary/aromatic N) is 1. The fourth-order valence-electron chi connectivity index (χ4n) is 12.6. The van der Waals surface area contributed by atoms with E-state index < -0.39 is 0 Å². The van der Waals surface area contributed by atoms with Crippen LogP contribution in [0.3, 0.4) is 0 Å². The second-order valence-corrected chi connectivity index (χ2v) is 20.1. The Balaban J connectivity index is 0.977. The van der Waals surface area contributed by atoms with Gasteiger partial charge in [0.05, 0.1) is 5.69 Å². The van der Waals surface area contributed by atoms with Crippen LogP contribution in [0.1, 0.15) is 53.6 Å². The summed E-state index contributed by atoms with van der Waals surface area (Å²) >= 11 is 1.92. The van der Waals surface area contributed by atoms with Crippen molar-refractivity contribution in [2.24, 2.45) is 0 Å². The molecule has 0 aliphatic heterocycles. The Morgan fingerprint density at radius 1 is 0.409 bits per heavy atom. The summed E-state index contributed by atoms with van der Waals surface area (Å²) in [5.41, 5.74) is 22.0. The van der Waals surface area contributed by atoms with Crippen molar-refractivity contribution in [1.82, 2.24) is 0 Å². The van der Waals surface area contributed by atoms with Gasteiger partial charge in [-0.15, -0.1) is 11.3 Å². The molecule has 312 valence electrons. The molecule has 10 aromatic carbocycles. The molecule has 1 unspecified atom stereocenters. The fraction of sp³-hybridized carbons (Fsp3) is 0.0938. The maximum absolute atomic E-state index is 2.54. The lowest BCUT2D eigenvalue weighted by molar-refractivity contribution is 0.626. The number of aryl methyl sites for hydroxylation is 1. The van der Waals surface area contributed by atoms with Gasteiger partial charge in [0.1, 0.15) is 0 Å². The van der Waals surface area contributed by atoms with Gasteiger partial charge >= 0.3 is 0 Å². The van der Waals surface area contributed by atoms with E-state index in [0.717, 1.165) is 18.5 Å². The summed E-state index contributed by atoms with van der Waals surface area (Å²) in [5.74, 6) is 0. The van der Waals surface area contributed by atoms with Crippen molar-refractivity contribution < 1.29 is 0 Å². The Morgan fingerprint density at radius 2 is 1.00 bits per heavy atom. The fourth-order valence-corrected chi connectivity index (χ4v) is 14.0. The van der Waals surface area contributed by atoms with Crippen LogP contribution in [-0.4, -0.2) is 0 Å². The van der Waals surface area contributed by atoms with Crippen molar-refractivity contribution in [2.45, 2.75) is 37.5 Å². The smallest absolute Gasteiger partial charge is 0.0540 e. The number of thiophene rings is 1. The molecule has 0 fully saturated rings. The monoisotopic (exact) mass is 859 g/mol. The minimum Gasteiger partial charge on any atom is -0.310 e. The molecule has 66 heavy (non-hydrogen) atoms. The zero-order chi connectivity index (χ0) is 43.7. The molecule has 0 radical (unpaired) electrons. The van der Waals surface area contributed by atoms with E-state index in [-0.39, 0.29) is 10.8 Å². The molecule has 11 aromatic rings. The van der Waals surface area contributed by atoms with Gasteiger partial charge < -0.3 is 4.90 Å². The van der Waals surface area contributed by atoms with E-state index in [2.05, 4.69) is 231 Å². The third kappa shape index (κ3) is 5.16. The summed E-state index contributed by atoms with van der Waals surface area (Å²) in [6.45, 7) is 4.80. The van der Waals surface area contributed by atoms with Gasteiger partial charge in [-0.25, -0.2) is 0 Å². The van der Waals surface area contributed by atoms with Crippen LogP contribution in [0.2, 0.25) is 0 Å². The lowest BCUT2D eigenvalue weighted by atomic mass is 9.73. The van der Waals surface area contributed by atoms with Gasteiger partial charge in [0.2, 0.25) is 0 Å². The summed E-state index contributed by atoms with van der Waals surface area (Å²) in [6, 6.07) is 80.3. The normalized spacial score (nSPS) is 16.1. The van der Waals surface area contributed by atoms with E-state index in [0.29, 0.717) is 0 Å². The Bertz CT molecular complexity index is 3810. The number of fused-ring (bicyclic) bond motifs is 15. The van der Waals surface area contributed by atoms with Crippen LogP contribution in [0.4, 0.5) is 17.1 Å². The Morgan fingerprint density at radius 3 is 1.85 bits per heavy atom. The van der Waals surface area contributed by atoms with Crippen molar-refractivity contribution >= 4 is 59.3 Å². The van der Waals surface area contributed by atoms with Crippen molar-refractivity contribution in [3.63, 3.8) is 0 Å². The van der Waals surface area contributed by atoms with Crippen molar-refractivity contribution in [3.05, 3.63) is 246 Å². The van der Waals surface area contributed by atoms with Crippen LogP contribution in [0.5, 0.6) is 0 Å². The van der Waals surface area contributed by atoms with Gasteiger partial charge in [-0.1, -0.05) is 196 Å². The summed E-state index contributed by atoms with van der Waals surface area (Å²) in [5, 5.41) is 5.26. The highest BCUT2D eigenvalue weighted by molar-refractivity contribution is 7.27. The number of rotatable bonds is 5. The zero-order valence-electron chi connectivity index (χ0n) is 37.0. The predicted molar refractivity (Wildman–Crippen MR) is 280 cm³/mol. The van der Waals surface area contributed by atoms with Crippen LogP contribution in [0.15, 0.2) is 212 Å². The molecule has 0 bridgehead atoms. The first kappa shape index (κ1) is 37.8. The minimum atomic E-state index is -0.197. The summed E-state index contributed by atoms with van der Waals surface area (Å²) in [4.78, 5) is 2.54. The van der Waals surface area contributed by atoms with E-state index in [9.17, 15) is 0 Å². The summed E-state index contributed by atoms with van der Waals surface area (Å²) in [7, 11) is 0. The van der Waals surface area contributed by atoms with Crippen LogP contribution in [0.25, 0.3) is 75.5 Å². The molecule has 1 aromatic heterocycles. The summed E-state index contributed by atoms with van der Waals surface area (Å²) < 4.78 is 2.69. The van der Waals surface area contributed by atoms with Gasteiger partial charge in [0.25, 0.3) is 0 Å². The number of anilines is 3. The first-order valence-electron chi connectivity index (χ1n) is 23.4. The molecule has 1 heterocycles. The molecule has 0 amide bonds. The van der Waals surface area contributed by atoms with E-state index >= 15 is 0 Å². The average molecular weight is 860 g/mol. The number of para-hydroxylation sites is 1. The van der Waals surface area contributed by atoms with Crippen LogP contribution >= 0.6 is 11.3 Å². The largest absolute Gasteiger partial charge is 0.310 e. The van der Waals surface area contributed by atoms with Crippen LogP contribution in [0, 0.1) is 0 Å². The molecule has 1 atom stereocenters. The molecule has 14 rings (SSSR count). The molecule has 0 N–H and O–H groups in total. The molecule has 3 aliphatic rings. The SMILES string of the molecule is CC1(C)c2ccccc2-c2cccc(-c3ccccc3N(c3ccc(-c4cccc5c4sc4c6ccccc6ccc54)cc3)c3ccc4c(c3)C3(CCc5ccccc53)c3ccccc3-4)c21. The maximum Gasteiger partial charge on any atom is 0.0540 e. The standard InChI is InChI=1S/C64H45NS/c1-63(2)56-26-10-6-19-48(56)51-22-14-23-52(60(51)63)50-20-8-12-28-59(50)65(44-34-36-49-47-18-7-11-27-57(47)64(58(49)39-44)38-37-42-16-4-9-25-55(42)64)43-32-29-41(30-33-43)46-21-13-24-53-54-35-31-40-15-3-5-17-45(40)62(54)66-61(46)53/h3-36,39H,37-38H2,1-2H3. The molecule has 0 saturated heterocycles. The van der Waals surface area contributed by atoms with Gasteiger partial charge in [0, 0.05) is 47.9 Å². The first-order chi connectivity index (χ1) is 32.5. The molecule has 0 saturated carbocycles. The predicted octanol–water partition coefficient (Wildman–Crippen LogP) is 17.6. The Kier molecular flexibility index (Phi) is 8.02. The highest BCUT2D eigenvalue weighted by Crippen LogP contribution is 2.60. The molecular weight excluding hydrogens is 815 g/mol. The van der Waals surface area contributed by atoms with E-state index in [1.54, 1.807) is 0 Å². The van der Waals surface area contributed by atoms with Crippen molar-refractivity contribution in [2.75, 3.05) is 4.90 Å². The van der Waals surface area contributed by atoms with E-state index in [1.807, 2.05) is 11.3 Å². The second kappa shape index (κ2) is 14.0. The van der Waals surface area contributed by atoms with Gasteiger partial charge in [0.15, 0.2) is 0 Å². The molecule has 2 heteroatoms. The molecule has 1 spiro atoms. The van der Waals surface area contributed by atoms with E-state index in [4.69, 9.17) is 0 Å². The molecule has 3 aliphatic carbocycles. The second-order valence-electron chi connectivity index (χ2n) is 19.1. The first-order valence-corrected chi connectivity index (χ1v) is 24.2. The maximum atomic E-state index is 2.54. The highest BCUT2D eigenvalue weighted by atomic mass is 32.1. The third-order valence-corrected chi connectivity index (χ3v) is 16.8. The molecule has 1 nitrogen and oxygen atoms in total. The zero-order valence-corrected chi connectivity index (χ0v) is 37.8. The lowest BCUT2D eigenvalue weighted by Gasteiger charge is -2.32. The highest BCUT2D eigenvalue weighted by Gasteiger charge is 2.48. The van der Waals surface area contributed by atoms with Crippen molar-refractivity contribution in [1.29, 1.82) is 0 Å². The molecular formula is C64H45NS. The number of benzene rings is 10. The number of hydrogen-bond donors (Lipinski definition) is 0. The number of hydrogen-bond acceptors (Lipinski definition) is 2. The van der Waals surface area contributed by atoms with Gasteiger partial charge in [-0.05, 0) is 126 Å². The minimum absolute atomic E-state index is 0.163. The van der Waals surface area contributed by atoms with Crippen LogP contribution < -0.4 is 4.90 Å². The quantitative estimate of drug-likeness (QED) is 0.167.